The Labute approximate surface area is 218 Å². The zero-order valence-electron chi connectivity index (χ0n) is 21.3. The van der Waals surface area contributed by atoms with E-state index in [1.54, 1.807) is 4.68 Å². The third-order valence-corrected chi connectivity index (χ3v) is 6.88. The quantitative estimate of drug-likeness (QED) is 0.298. The van der Waals surface area contributed by atoms with Crippen LogP contribution in [0.3, 0.4) is 0 Å². The van der Waals surface area contributed by atoms with Gasteiger partial charge in [-0.15, -0.1) is 0 Å². The lowest BCUT2D eigenvalue weighted by molar-refractivity contribution is 0.0931. The van der Waals surface area contributed by atoms with E-state index in [4.69, 9.17) is 9.84 Å². The van der Waals surface area contributed by atoms with Crippen LogP contribution in [-0.2, 0) is 0 Å². The Balaban J connectivity index is 1.55. The summed E-state index contributed by atoms with van der Waals surface area (Å²) in [6.07, 6.45) is 3.23. The Morgan fingerprint density at radius 1 is 0.919 bits per heavy atom. The summed E-state index contributed by atoms with van der Waals surface area (Å²) in [5.41, 5.74) is 3.88. The minimum Gasteiger partial charge on any atom is -0.476 e. The molecule has 0 unspecified atom stereocenters. The van der Waals surface area contributed by atoms with Gasteiger partial charge >= 0.3 is 0 Å². The normalized spacial score (nSPS) is 14.4. The molecule has 4 aromatic rings. The summed E-state index contributed by atoms with van der Waals surface area (Å²) in [4.78, 5) is 16.4. The molecule has 1 aromatic heterocycles. The first-order valence-electron chi connectivity index (χ1n) is 13.2. The van der Waals surface area contributed by atoms with Crippen LogP contribution in [0.15, 0.2) is 91.0 Å². The molecule has 0 spiro atoms. The molecular weight excluding hydrogens is 460 g/mol. The maximum absolute atomic E-state index is 14.0. The predicted octanol–water partition coefficient (Wildman–Crippen LogP) is 5.90. The van der Waals surface area contributed by atoms with Crippen LogP contribution in [0.1, 0.15) is 48.1 Å². The van der Waals surface area contributed by atoms with E-state index in [2.05, 4.69) is 17.1 Å². The minimum absolute atomic E-state index is 0.116. The molecule has 6 heteroatoms. The van der Waals surface area contributed by atoms with E-state index in [0.29, 0.717) is 23.7 Å². The van der Waals surface area contributed by atoms with Crippen LogP contribution in [0.25, 0.3) is 16.9 Å². The van der Waals surface area contributed by atoms with Crippen LogP contribution < -0.4 is 10.1 Å². The fourth-order valence-electron chi connectivity index (χ4n) is 4.90. The van der Waals surface area contributed by atoms with Crippen molar-refractivity contribution in [1.82, 2.24) is 20.0 Å². The molecule has 6 nitrogen and oxygen atoms in total. The molecule has 0 aliphatic carbocycles. The monoisotopic (exact) mass is 494 g/mol. The molecule has 1 aliphatic rings. The van der Waals surface area contributed by atoms with Crippen LogP contribution in [0.2, 0.25) is 0 Å². The number of nitrogens with one attached hydrogen (secondary N) is 1. The van der Waals surface area contributed by atoms with Crippen molar-refractivity contribution in [3.63, 3.8) is 0 Å². The molecule has 190 valence electrons. The van der Waals surface area contributed by atoms with E-state index in [9.17, 15) is 4.79 Å². The van der Waals surface area contributed by atoms with Crippen molar-refractivity contribution in [2.45, 2.75) is 32.2 Å². The highest BCUT2D eigenvalue weighted by molar-refractivity contribution is 6.02. The molecule has 0 radical (unpaired) electrons. The standard InChI is InChI=1S/C31H34N4O2/c1-2-27(24-14-6-3-7-15-24)32-30(36)28-29(25-16-8-4-9-17-25)33-35(26-18-10-5-11-19-26)31(28)37-23-22-34-20-12-13-21-34/h3-11,14-19,27H,2,12-13,20-23H2,1H3,(H,32,36)/t27-/m0/s1. The summed E-state index contributed by atoms with van der Waals surface area (Å²) in [7, 11) is 0. The highest BCUT2D eigenvalue weighted by Crippen LogP contribution is 2.34. The Kier molecular flexibility index (Phi) is 7.96. The topological polar surface area (TPSA) is 59.4 Å². The zero-order chi connectivity index (χ0) is 25.5. The zero-order valence-corrected chi connectivity index (χ0v) is 21.3. The van der Waals surface area contributed by atoms with Gasteiger partial charge in [0.1, 0.15) is 17.9 Å². The number of nitrogens with zero attached hydrogens (tertiary/aromatic N) is 3. The lowest BCUT2D eigenvalue weighted by Gasteiger charge is -2.19. The van der Waals surface area contributed by atoms with E-state index < -0.39 is 0 Å². The number of aromatic nitrogens is 2. The summed E-state index contributed by atoms with van der Waals surface area (Å²) in [6, 6.07) is 29.7. The lowest BCUT2D eigenvalue weighted by Crippen LogP contribution is -2.29. The third-order valence-electron chi connectivity index (χ3n) is 6.88. The largest absolute Gasteiger partial charge is 0.476 e. The number of carbonyl (C=O) groups excluding carboxylic acids is 1. The molecule has 1 amide bonds. The second-order valence-corrected chi connectivity index (χ2v) is 9.38. The number of amides is 1. The van der Waals surface area contributed by atoms with E-state index >= 15 is 0 Å². The van der Waals surface area contributed by atoms with E-state index in [-0.39, 0.29) is 11.9 Å². The second-order valence-electron chi connectivity index (χ2n) is 9.38. The van der Waals surface area contributed by atoms with E-state index in [1.807, 2.05) is 91.0 Å². The first-order chi connectivity index (χ1) is 18.2. The number of carbonyl (C=O) groups is 1. The number of benzene rings is 3. The van der Waals surface area contributed by atoms with Crippen LogP contribution in [0, 0.1) is 0 Å². The van der Waals surface area contributed by atoms with Gasteiger partial charge in [0.25, 0.3) is 5.91 Å². The Hall–Kier alpha value is -3.90. The molecule has 1 fully saturated rings. The van der Waals surface area contributed by atoms with Gasteiger partial charge in [-0.2, -0.15) is 9.78 Å². The number of hydrogen-bond acceptors (Lipinski definition) is 4. The van der Waals surface area contributed by atoms with Crippen LogP contribution in [0.4, 0.5) is 0 Å². The van der Waals surface area contributed by atoms with Gasteiger partial charge in [0, 0.05) is 12.1 Å². The van der Waals surface area contributed by atoms with Gasteiger partial charge in [-0.1, -0.05) is 85.8 Å². The molecular formula is C31H34N4O2. The van der Waals surface area contributed by atoms with Gasteiger partial charge < -0.3 is 10.1 Å². The molecule has 1 saturated heterocycles. The molecule has 0 saturated carbocycles. The number of hydrogen-bond donors (Lipinski definition) is 1. The van der Waals surface area contributed by atoms with Gasteiger partial charge in [-0.25, -0.2) is 0 Å². The average Bonchev–Trinajstić information content (AvgIpc) is 3.61. The lowest BCUT2D eigenvalue weighted by atomic mass is 10.0. The molecule has 37 heavy (non-hydrogen) atoms. The summed E-state index contributed by atoms with van der Waals surface area (Å²) < 4.78 is 8.20. The van der Waals surface area contributed by atoms with E-state index in [1.165, 1.54) is 12.8 Å². The van der Waals surface area contributed by atoms with Gasteiger partial charge in [0.05, 0.1) is 11.7 Å². The average molecular weight is 495 g/mol. The summed E-state index contributed by atoms with van der Waals surface area (Å²) >= 11 is 0. The summed E-state index contributed by atoms with van der Waals surface area (Å²) in [5.74, 6) is 0.289. The van der Waals surface area contributed by atoms with Crippen LogP contribution in [-0.4, -0.2) is 46.8 Å². The number of likely N-dealkylation sites (tertiary alicyclic amines) is 1. The number of para-hydroxylation sites is 1. The van der Waals surface area contributed by atoms with Crippen molar-refractivity contribution in [2.24, 2.45) is 0 Å². The van der Waals surface area contributed by atoms with Crippen LogP contribution in [0.5, 0.6) is 5.88 Å². The highest BCUT2D eigenvalue weighted by atomic mass is 16.5. The number of rotatable bonds is 10. The molecule has 2 heterocycles. The smallest absolute Gasteiger partial charge is 0.259 e. The number of ether oxygens (including phenoxy) is 1. The molecule has 1 N–H and O–H groups in total. The predicted molar refractivity (Wildman–Crippen MR) is 147 cm³/mol. The second kappa shape index (κ2) is 11.9. The SMILES string of the molecule is CC[C@H](NC(=O)c1c(-c2ccccc2)nn(-c2ccccc2)c1OCCN1CCCC1)c1ccccc1. The van der Waals surface area contributed by atoms with Crippen molar-refractivity contribution in [1.29, 1.82) is 0 Å². The molecule has 3 aromatic carbocycles. The van der Waals surface area contributed by atoms with Crippen molar-refractivity contribution in [3.05, 3.63) is 102 Å². The van der Waals surface area contributed by atoms with Gasteiger partial charge in [0.15, 0.2) is 0 Å². The van der Waals surface area contributed by atoms with Crippen molar-refractivity contribution in [3.8, 4) is 22.8 Å². The molecule has 1 atom stereocenters. The van der Waals surface area contributed by atoms with E-state index in [0.717, 1.165) is 42.9 Å². The molecule has 0 bridgehead atoms. The van der Waals surface area contributed by atoms with Crippen molar-refractivity contribution in [2.75, 3.05) is 26.2 Å². The molecule has 5 rings (SSSR count). The minimum atomic E-state index is -0.187. The fourth-order valence-corrected chi connectivity index (χ4v) is 4.90. The summed E-state index contributed by atoms with van der Waals surface area (Å²) in [6.45, 7) is 5.58. The van der Waals surface area contributed by atoms with Gasteiger partial charge in [0.2, 0.25) is 5.88 Å². The Bertz CT molecular complexity index is 1280. The Morgan fingerprint density at radius 2 is 1.54 bits per heavy atom. The molecule has 1 aliphatic heterocycles. The first kappa shape index (κ1) is 24.8. The van der Waals surface area contributed by atoms with Gasteiger partial charge in [-0.3, -0.25) is 9.69 Å². The van der Waals surface area contributed by atoms with Crippen molar-refractivity contribution >= 4 is 5.91 Å². The third kappa shape index (κ3) is 5.75. The fraction of sp³-hybridized carbons (Fsp3) is 0.290. The van der Waals surface area contributed by atoms with Crippen LogP contribution >= 0.6 is 0 Å². The summed E-state index contributed by atoms with van der Waals surface area (Å²) in [5, 5.41) is 8.21. The maximum Gasteiger partial charge on any atom is 0.259 e. The Morgan fingerprint density at radius 3 is 2.19 bits per heavy atom. The van der Waals surface area contributed by atoms with Gasteiger partial charge in [-0.05, 0) is 50.0 Å². The highest BCUT2D eigenvalue weighted by Gasteiger charge is 2.29. The first-order valence-corrected chi connectivity index (χ1v) is 13.2. The maximum atomic E-state index is 14.0. The van der Waals surface area contributed by atoms with Crippen molar-refractivity contribution < 1.29 is 9.53 Å².